The Morgan fingerprint density at radius 1 is 1.36 bits per heavy atom. The minimum absolute atomic E-state index is 0.00524. The number of H-pyrrole nitrogens is 1. The van der Waals surface area contributed by atoms with E-state index in [0.29, 0.717) is 6.54 Å². The van der Waals surface area contributed by atoms with Crippen LogP contribution in [0.25, 0.3) is 11.0 Å². The second kappa shape index (κ2) is 6.33. The number of hydrogen-bond donors (Lipinski definition) is 3. The molecule has 1 fully saturated rings. The number of benzene rings is 1. The molecule has 1 aromatic carbocycles. The van der Waals surface area contributed by atoms with Crippen molar-refractivity contribution in [2.24, 2.45) is 0 Å². The number of piperidine rings is 1. The van der Waals surface area contributed by atoms with Gasteiger partial charge in [-0.15, -0.1) is 0 Å². The lowest BCUT2D eigenvalue weighted by Gasteiger charge is -2.36. The number of nitrogens with zero attached hydrogens (tertiary/aromatic N) is 3. The molecule has 0 bridgehead atoms. The lowest BCUT2D eigenvalue weighted by atomic mass is 9.87. The van der Waals surface area contributed by atoms with Gasteiger partial charge >= 0.3 is 0 Å². The highest BCUT2D eigenvalue weighted by atomic mass is 16.2. The fourth-order valence-electron chi connectivity index (χ4n) is 3.51. The van der Waals surface area contributed by atoms with E-state index in [-0.39, 0.29) is 5.91 Å². The average molecular weight is 338 g/mol. The Bertz CT molecular complexity index is 876. The number of aryl methyl sites for hydroxylation is 1. The van der Waals surface area contributed by atoms with Crippen LogP contribution < -0.4 is 10.6 Å². The molecule has 1 amide bonds. The number of carbonyl (C=O) groups is 1. The SMILES string of the molecule is Cc1ccc2nc(CNC(=O)C3(n4cccn4)CCNCC3)[nH]c2c1. The van der Waals surface area contributed by atoms with Crippen LogP contribution in [0.1, 0.15) is 24.2 Å². The Labute approximate surface area is 145 Å². The highest BCUT2D eigenvalue weighted by molar-refractivity contribution is 5.84. The number of amides is 1. The monoisotopic (exact) mass is 338 g/mol. The molecule has 0 atom stereocenters. The van der Waals surface area contributed by atoms with Crippen molar-refractivity contribution >= 4 is 16.9 Å². The Morgan fingerprint density at radius 2 is 2.20 bits per heavy atom. The molecule has 1 saturated heterocycles. The molecule has 2 aromatic heterocycles. The molecule has 0 radical (unpaired) electrons. The number of nitrogens with one attached hydrogen (secondary N) is 3. The predicted molar refractivity (Wildman–Crippen MR) is 95.0 cm³/mol. The van der Waals surface area contributed by atoms with Crippen LogP contribution in [0.4, 0.5) is 0 Å². The Balaban J connectivity index is 1.53. The van der Waals surface area contributed by atoms with Crippen LogP contribution in [0.2, 0.25) is 0 Å². The number of aromatic nitrogens is 4. The maximum Gasteiger partial charge on any atom is 0.248 e. The summed E-state index contributed by atoms with van der Waals surface area (Å²) in [5.41, 5.74) is 2.46. The Kier molecular flexibility index (Phi) is 4.01. The molecule has 3 aromatic rings. The third kappa shape index (κ3) is 2.91. The summed E-state index contributed by atoms with van der Waals surface area (Å²) in [6.45, 7) is 4.03. The van der Waals surface area contributed by atoms with Gasteiger partial charge in [-0.25, -0.2) is 4.98 Å². The standard InChI is InChI=1S/C18H22N6O/c1-13-3-4-14-15(11-13)23-16(22-14)12-20-17(25)18(5-8-19-9-6-18)24-10-2-7-21-24/h2-4,7,10-11,19H,5-6,8-9,12H2,1H3,(H,20,25)(H,22,23). The molecule has 1 aliphatic heterocycles. The lowest BCUT2D eigenvalue weighted by molar-refractivity contribution is -0.132. The van der Waals surface area contributed by atoms with E-state index in [2.05, 4.69) is 31.8 Å². The molecule has 4 rings (SSSR count). The van der Waals surface area contributed by atoms with Crippen LogP contribution in [0.3, 0.4) is 0 Å². The zero-order chi connectivity index (χ0) is 17.3. The fraction of sp³-hybridized carbons (Fsp3) is 0.389. The molecule has 0 spiro atoms. The zero-order valence-electron chi connectivity index (χ0n) is 14.2. The summed E-state index contributed by atoms with van der Waals surface area (Å²) < 4.78 is 1.80. The van der Waals surface area contributed by atoms with Crippen molar-refractivity contribution < 1.29 is 4.79 Å². The van der Waals surface area contributed by atoms with Crippen LogP contribution >= 0.6 is 0 Å². The van der Waals surface area contributed by atoms with E-state index in [1.165, 1.54) is 5.56 Å². The van der Waals surface area contributed by atoms with Gasteiger partial charge < -0.3 is 15.6 Å². The van der Waals surface area contributed by atoms with Crippen molar-refractivity contribution in [1.82, 2.24) is 30.4 Å². The summed E-state index contributed by atoms with van der Waals surface area (Å²) >= 11 is 0. The summed E-state index contributed by atoms with van der Waals surface area (Å²) in [5.74, 6) is 0.757. The molecule has 1 aliphatic rings. The van der Waals surface area contributed by atoms with E-state index in [9.17, 15) is 4.79 Å². The number of fused-ring (bicyclic) bond motifs is 1. The summed E-state index contributed by atoms with van der Waals surface area (Å²) in [6.07, 6.45) is 5.03. The lowest BCUT2D eigenvalue weighted by Crippen LogP contribution is -2.54. The average Bonchev–Trinajstić information content (AvgIpc) is 3.29. The first-order chi connectivity index (χ1) is 12.2. The van der Waals surface area contributed by atoms with E-state index in [4.69, 9.17) is 0 Å². The molecule has 0 unspecified atom stereocenters. The number of hydrogen-bond acceptors (Lipinski definition) is 4. The van der Waals surface area contributed by atoms with Gasteiger partial charge in [0.25, 0.3) is 0 Å². The third-order valence-electron chi connectivity index (χ3n) is 4.90. The van der Waals surface area contributed by atoms with Crippen molar-refractivity contribution in [2.75, 3.05) is 13.1 Å². The summed E-state index contributed by atoms with van der Waals surface area (Å²) in [4.78, 5) is 20.9. The van der Waals surface area contributed by atoms with Gasteiger partial charge in [-0.1, -0.05) is 6.07 Å². The first-order valence-electron chi connectivity index (χ1n) is 8.62. The number of rotatable bonds is 4. The molecule has 0 saturated carbocycles. The molecule has 130 valence electrons. The molecule has 0 aliphatic carbocycles. The normalized spacial score (nSPS) is 16.8. The molecule has 7 heteroatoms. The van der Waals surface area contributed by atoms with Crippen molar-refractivity contribution in [3.63, 3.8) is 0 Å². The Morgan fingerprint density at radius 3 is 2.96 bits per heavy atom. The molecule has 3 N–H and O–H groups in total. The maximum atomic E-state index is 13.0. The molecular formula is C18H22N6O. The first-order valence-corrected chi connectivity index (χ1v) is 8.62. The van der Waals surface area contributed by atoms with E-state index in [1.54, 1.807) is 10.9 Å². The van der Waals surface area contributed by atoms with E-state index in [0.717, 1.165) is 42.8 Å². The first kappa shape index (κ1) is 15.8. The largest absolute Gasteiger partial charge is 0.347 e. The van der Waals surface area contributed by atoms with E-state index < -0.39 is 5.54 Å². The van der Waals surface area contributed by atoms with Crippen molar-refractivity contribution in [3.05, 3.63) is 48.0 Å². The predicted octanol–water partition coefficient (Wildman–Crippen LogP) is 1.46. The van der Waals surface area contributed by atoms with Crippen LogP contribution in [-0.2, 0) is 16.9 Å². The van der Waals surface area contributed by atoms with Gasteiger partial charge in [0.15, 0.2) is 0 Å². The third-order valence-corrected chi connectivity index (χ3v) is 4.90. The van der Waals surface area contributed by atoms with Crippen molar-refractivity contribution in [2.45, 2.75) is 31.8 Å². The smallest absolute Gasteiger partial charge is 0.248 e. The van der Waals surface area contributed by atoms with Gasteiger partial charge in [0, 0.05) is 12.4 Å². The quantitative estimate of drug-likeness (QED) is 0.672. The van der Waals surface area contributed by atoms with Crippen LogP contribution in [-0.4, -0.2) is 38.7 Å². The van der Waals surface area contributed by atoms with Gasteiger partial charge in [0.05, 0.1) is 17.6 Å². The number of imidazole rings is 1. The van der Waals surface area contributed by atoms with Gasteiger partial charge in [-0.2, -0.15) is 5.10 Å². The van der Waals surface area contributed by atoms with Gasteiger partial charge in [-0.3, -0.25) is 9.48 Å². The van der Waals surface area contributed by atoms with E-state index >= 15 is 0 Å². The van der Waals surface area contributed by atoms with E-state index in [1.807, 2.05) is 31.3 Å². The summed E-state index contributed by atoms with van der Waals surface area (Å²) in [5, 5.41) is 10.7. The highest BCUT2D eigenvalue weighted by Crippen LogP contribution is 2.27. The van der Waals surface area contributed by atoms with Crippen LogP contribution in [0.5, 0.6) is 0 Å². The van der Waals surface area contributed by atoms with Crippen molar-refractivity contribution in [1.29, 1.82) is 0 Å². The fourth-order valence-corrected chi connectivity index (χ4v) is 3.51. The summed E-state index contributed by atoms with van der Waals surface area (Å²) in [6, 6.07) is 7.95. The highest BCUT2D eigenvalue weighted by Gasteiger charge is 2.41. The number of carbonyl (C=O) groups excluding carboxylic acids is 1. The molecule has 3 heterocycles. The zero-order valence-corrected chi connectivity index (χ0v) is 14.2. The molecular weight excluding hydrogens is 316 g/mol. The Hall–Kier alpha value is -2.67. The molecule has 7 nitrogen and oxygen atoms in total. The molecule has 25 heavy (non-hydrogen) atoms. The van der Waals surface area contributed by atoms with Gasteiger partial charge in [0.2, 0.25) is 5.91 Å². The second-order valence-electron chi connectivity index (χ2n) is 6.62. The maximum absolute atomic E-state index is 13.0. The van der Waals surface area contributed by atoms with Crippen molar-refractivity contribution in [3.8, 4) is 0 Å². The van der Waals surface area contributed by atoms with Crippen LogP contribution in [0.15, 0.2) is 36.7 Å². The van der Waals surface area contributed by atoms with Gasteiger partial charge in [0.1, 0.15) is 11.4 Å². The summed E-state index contributed by atoms with van der Waals surface area (Å²) in [7, 11) is 0. The second-order valence-corrected chi connectivity index (χ2v) is 6.62. The minimum Gasteiger partial charge on any atom is -0.347 e. The number of aromatic amines is 1. The van der Waals surface area contributed by atoms with Crippen LogP contribution in [0, 0.1) is 6.92 Å². The topological polar surface area (TPSA) is 87.6 Å². The minimum atomic E-state index is -0.628. The van der Waals surface area contributed by atoms with Gasteiger partial charge in [-0.05, 0) is 56.6 Å².